The number of nitrogen functional groups attached to an aromatic ring is 1. The number of benzene rings is 3. The number of hydrogen-bond donors (Lipinski definition) is 1. The number of hydrogen-bond acceptors (Lipinski definition) is 6. The van der Waals surface area contributed by atoms with Crippen molar-refractivity contribution in [3.63, 3.8) is 0 Å². The van der Waals surface area contributed by atoms with Crippen molar-refractivity contribution in [1.82, 2.24) is 0 Å². The van der Waals surface area contributed by atoms with Gasteiger partial charge >= 0.3 is 29.6 Å². The normalized spacial score (nSPS) is 12.4. The van der Waals surface area contributed by atoms with Crippen molar-refractivity contribution in [2.75, 3.05) is 10.0 Å². The van der Waals surface area contributed by atoms with Crippen LogP contribution in [0.1, 0.15) is 109 Å². The van der Waals surface area contributed by atoms with Crippen LogP contribution in [0.3, 0.4) is 0 Å². The third kappa shape index (κ3) is 7.87. The summed E-state index contributed by atoms with van der Waals surface area (Å²) in [6.07, 6.45) is 13.3. The van der Waals surface area contributed by atoms with Crippen LogP contribution in [0.25, 0.3) is 0 Å². The number of ketones is 2. The van der Waals surface area contributed by atoms with Crippen molar-refractivity contribution in [2.45, 2.75) is 77.6 Å². The number of unbranched alkanes of at least 4 members (excludes halogenated alkanes) is 9. The Morgan fingerprint density at radius 3 is 1.76 bits per heavy atom. The van der Waals surface area contributed by atoms with Crippen molar-refractivity contribution in [3.8, 4) is 0 Å². The zero-order valence-corrected chi connectivity index (χ0v) is 26.8. The second-order valence-corrected chi connectivity index (χ2v) is 11.7. The summed E-state index contributed by atoms with van der Waals surface area (Å²) < 4.78 is 38.2. The Labute approximate surface area is 265 Å². The molecule has 0 saturated carbocycles. The monoisotopic (exact) mass is 584 g/mol. The molecule has 0 heterocycles. The van der Waals surface area contributed by atoms with E-state index in [1.54, 1.807) is 36.4 Å². The second-order valence-electron chi connectivity index (χ2n) is 10.4. The molecule has 1 aliphatic rings. The average molecular weight is 585 g/mol. The SMILES string of the molecule is CCCCCCCCCCCCc1ccc(N(c2ccc(N)c3c2C(=O)c2ccccc2C3=O)S(=O)(=O)[O-])cc1.[Na+]. The topological polar surface area (TPSA) is 121 Å². The smallest absolute Gasteiger partial charge is 0.731 e. The van der Waals surface area contributed by atoms with E-state index < -0.39 is 21.9 Å². The van der Waals surface area contributed by atoms with Crippen molar-refractivity contribution in [1.29, 1.82) is 0 Å². The first-order chi connectivity index (χ1) is 19.2. The minimum absolute atomic E-state index is 0. The Kier molecular flexibility index (Phi) is 12.2. The van der Waals surface area contributed by atoms with E-state index >= 15 is 0 Å². The predicted molar refractivity (Wildman–Crippen MR) is 158 cm³/mol. The van der Waals surface area contributed by atoms with Gasteiger partial charge in [0.15, 0.2) is 21.9 Å². The van der Waals surface area contributed by atoms with Crippen LogP contribution in [0.15, 0.2) is 60.7 Å². The van der Waals surface area contributed by atoms with Gasteiger partial charge in [0.25, 0.3) is 0 Å². The van der Waals surface area contributed by atoms with Crippen molar-refractivity contribution in [3.05, 3.63) is 88.5 Å². The van der Waals surface area contributed by atoms with E-state index in [-0.39, 0.29) is 68.9 Å². The molecule has 0 fully saturated rings. The number of aryl methyl sites for hydroxylation is 1. The average Bonchev–Trinajstić information content (AvgIpc) is 2.93. The van der Waals surface area contributed by atoms with Crippen molar-refractivity contribution < 1.29 is 52.1 Å². The molecule has 0 aliphatic heterocycles. The summed E-state index contributed by atoms with van der Waals surface area (Å²) in [5, 5.41) is 0. The number of nitrogens with two attached hydrogens (primary N) is 1. The molecule has 0 saturated heterocycles. The largest absolute Gasteiger partial charge is 1.00 e. The van der Waals surface area contributed by atoms with E-state index in [0.717, 1.165) is 24.8 Å². The van der Waals surface area contributed by atoms with Gasteiger partial charge in [0.1, 0.15) is 0 Å². The Hall–Kier alpha value is -2.49. The van der Waals surface area contributed by atoms with Gasteiger partial charge in [-0.25, -0.2) is 12.7 Å². The van der Waals surface area contributed by atoms with Crippen molar-refractivity contribution >= 4 is 38.9 Å². The van der Waals surface area contributed by atoms with Gasteiger partial charge in [0.05, 0.1) is 22.5 Å². The van der Waals surface area contributed by atoms with Gasteiger partial charge in [-0.1, -0.05) is 101 Å². The first-order valence-electron chi connectivity index (χ1n) is 14.2. The number of carbonyl (C=O) groups excluding carboxylic acids is 2. The predicted octanol–water partition coefficient (Wildman–Crippen LogP) is 4.11. The fraction of sp³-hybridized carbons (Fsp3) is 0.375. The fourth-order valence-electron chi connectivity index (χ4n) is 5.40. The summed E-state index contributed by atoms with van der Waals surface area (Å²) in [7, 11) is -5.11. The van der Waals surface area contributed by atoms with E-state index in [1.165, 1.54) is 75.6 Å². The summed E-state index contributed by atoms with van der Waals surface area (Å²) in [4.78, 5) is 26.7. The molecule has 41 heavy (non-hydrogen) atoms. The van der Waals surface area contributed by atoms with Crippen LogP contribution in [-0.2, 0) is 16.7 Å². The maximum atomic E-state index is 13.5. The van der Waals surface area contributed by atoms with E-state index in [2.05, 4.69) is 6.92 Å². The van der Waals surface area contributed by atoms with Crippen LogP contribution in [0.2, 0.25) is 0 Å². The van der Waals surface area contributed by atoms with Crippen LogP contribution in [0.5, 0.6) is 0 Å². The molecule has 9 heteroatoms. The zero-order valence-electron chi connectivity index (χ0n) is 24.0. The molecular formula is C32H37N2NaO5S. The number of nitrogens with zero attached hydrogens (tertiary/aromatic N) is 1. The molecule has 2 N–H and O–H groups in total. The summed E-state index contributed by atoms with van der Waals surface area (Å²) >= 11 is 0. The molecule has 1 aliphatic carbocycles. The Balaban J connectivity index is 0.00000462. The first kappa shape index (κ1) is 33.0. The number of fused-ring (bicyclic) bond motifs is 2. The van der Waals surface area contributed by atoms with Crippen LogP contribution >= 0.6 is 0 Å². The Morgan fingerprint density at radius 2 is 1.22 bits per heavy atom. The van der Waals surface area contributed by atoms with Crippen LogP contribution in [0, 0.1) is 0 Å². The molecule has 0 bridgehead atoms. The summed E-state index contributed by atoms with van der Waals surface area (Å²) in [6.45, 7) is 2.23. The quantitative estimate of drug-likeness (QED) is 0.103. The number of rotatable bonds is 14. The Morgan fingerprint density at radius 1 is 0.707 bits per heavy atom. The zero-order chi connectivity index (χ0) is 28.7. The van der Waals surface area contributed by atoms with E-state index in [4.69, 9.17) is 5.73 Å². The molecular weight excluding hydrogens is 547 g/mol. The molecule has 3 aromatic carbocycles. The third-order valence-electron chi connectivity index (χ3n) is 7.52. The van der Waals surface area contributed by atoms with Crippen LogP contribution < -0.4 is 39.6 Å². The molecule has 0 amide bonds. The Bertz CT molecular complexity index is 1470. The van der Waals surface area contributed by atoms with Gasteiger partial charge in [0.2, 0.25) is 0 Å². The fourth-order valence-corrected chi connectivity index (χ4v) is 6.18. The van der Waals surface area contributed by atoms with E-state index in [0.29, 0.717) is 4.31 Å². The van der Waals surface area contributed by atoms with E-state index in [1.807, 2.05) is 0 Å². The number of anilines is 3. The molecule has 0 unspecified atom stereocenters. The second kappa shape index (κ2) is 15.1. The molecule has 7 nitrogen and oxygen atoms in total. The molecule has 0 aromatic heterocycles. The minimum Gasteiger partial charge on any atom is -0.731 e. The summed E-state index contributed by atoms with van der Waals surface area (Å²) in [5.41, 5.74) is 7.12. The van der Waals surface area contributed by atoms with Gasteiger partial charge in [-0.15, -0.1) is 0 Å². The van der Waals surface area contributed by atoms with Crippen LogP contribution in [-0.4, -0.2) is 24.5 Å². The van der Waals surface area contributed by atoms with E-state index in [9.17, 15) is 22.6 Å². The van der Waals surface area contributed by atoms with Gasteiger partial charge in [-0.3, -0.25) is 9.59 Å². The molecule has 4 rings (SSSR count). The van der Waals surface area contributed by atoms with Crippen molar-refractivity contribution in [2.24, 2.45) is 0 Å². The van der Waals surface area contributed by atoms with Gasteiger partial charge in [0, 0.05) is 16.8 Å². The minimum atomic E-state index is -5.11. The summed E-state index contributed by atoms with van der Waals surface area (Å²) in [5.74, 6) is -1.04. The maximum Gasteiger partial charge on any atom is 1.00 e. The third-order valence-corrected chi connectivity index (χ3v) is 8.37. The van der Waals surface area contributed by atoms with Crippen LogP contribution in [0.4, 0.5) is 17.1 Å². The standard InChI is InChI=1S/C32H38N2O5S.Na/c1-2-3-4-5-6-7-8-9-10-11-14-23-17-19-24(20-18-23)34(40(37,38)39)28-22-21-27(33)29-30(28)32(36)26-16-13-12-15-25(26)31(29)35;/h12-13,15-22H,2-11,14,33H2,1H3,(H,37,38,39);/q;+1/p-1. The molecule has 212 valence electrons. The van der Waals surface area contributed by atoms with Gasteiger partial charge in [-0.2, -0.15) is 0 Å². The molecule has 0 spiro atoms. The van der Waals surface area contributed by atoms with Gasteiger partial charge in [-0.05, 0) is 42.7 Å². The molecule has 3 aromatic rings. The maximum absolute atomic E-state index is 13.5. The number of carbonyl (C=O) groups is 2. The molecule has 0 radical (unpaired) electrons. The summed E-state index contributed by atoms with van der Waals surface area (Å²) in [6, 6.07) is 15.7. The first-order valence-corrected chi connectivity index (χ1v) is 15.6. The molecule has 0 atom stereocenters. The van der Waals surface area contributed by atoms with Gasteiger partial charge < -0.3 is 10.3 Å².